The fraction of sp³-hybridized carbons (Fsp3) is 0.556. The fourth-order valence-electron chi connectivity index (χ4n) is 2.78. The molecule has 1 saturated heterocycles. The minimum absolute atomic E-state index is 0.0165. The minimum atomic E-state index is -0.0457. The Kier molecular flexibility index (Phi) is 7.53. The van der Waals surface area contributed by atoms with E-state index in [1.54, 1.807) is 4.90 Å². The van der Waals surface area contributed by atoms with Gasteiger partial charge in [0.2, 0.25) is 11.8 Å². The third-order valence-electron chi connectivity index (χ3n) is 4.13. The summed E-state index contributed by atoms with van der Waals surface area (Å²) < 4.78 is 5.56. The molecule has 1 unspecified atom stereocenters. The molecule has 132 valence electrons. The van der Waals surface area contributed by atoms with E-state index in [1.807, 2.05) is 24.3 Å². The summed E-state index contributed by atoms with van der Waals surface area (Å²) in [5.41, 5.74) is 1.09. The molecule has 1 fully saturated rings. The number of carbonyl (C=O) groups excluding carboxylic acids is 2. The first-order valence-electron chi connectivity index (χ1n) is 8.43. The molecule has 0 aliphatic carbocycles. The molecule has 2 rings (SSSR count). The number of nitrogens with zero attached hydrogens (tertiary/aromatic N) is 1. The van der Waals surface area contributed by atoms with Gasteiger partial charge in [0, 0.05) is 44.6 Å². The summed E-state index contributed by atoms with van der Waals surface area (Å²) in [5.74, 6) is -0.0622. The molecule has 1 aliphatic rings. The molecule has 1 heterocycles. The highest BCUT2D eigenvalue weighted by molar-refractivity contribution is 6.30. The van der Waals surface area contributed by atoms with Crippen molar-refractivity contribution < 1.29 is 14.3 Å². The number of hydrogen-bond donors (Lipinski definition) is 1. The van der Waals surface area contributed by atoms with Gasteiger partial charge < -0.3 is 15.0 Å². The molecule has 0 saturated carbocycles. The Balaban J connectivity index is 1.67. The summed E-state index contributed by atoms with van der Waals surface area (Å²) in [6, 6.07) is 7.60. The Morgan fingerprint density at radius 1 is 1.42 bits per heavy atom. The lowest BCUT2D eigenvalue weighted by Crippen LogP contribution is -2.38. The first-order chi connectivity index (χ1) is 11.5. The third kappa shape index (κ3) is 6.49. The first kappa shape index (κ1) is 18.7. The second kappa shape index (κ2) is 9.64. The summed E-state index contributed by atoms with van der Waals surface area (Å²) in [5, 5.41) is 3.59. The number of amides is 2. The third-order valence-corrected chi connectivity index (χ3v) is 4.36. The summed E-state index contributed by atoms with van der Waals surface area (Å²) in [6.45, 7) is 3.86. The molecule has 1 N–H and O–H groups in total. The Morgan fingerprint density at radius 3 is 2.92 bits per heavy atom. The van der Waals surface area contributed by atoms with Crippen molar-refractivity contribution >= 4 is 23.4 Å². The van der Waals surface area contributed by atoms with E-state index in [0.717, 1.165) is 31.4 Å². The SMILES string of the molecule is CC(=O)N(CCC(=O)NCCc1cccc(Cl)c1)CC1CCCO1. The van der Waals surface area contributed by atoms with Crippen LogP contribution in [0.3, 0.4) is 0 Å². The average molecular weight is 353 g/mol. The Hall–Kier alpha value is -1.59. The van der Waals surface area contributed by atoms with Crippen LogP contribution in [0, 0.1) is 0 Å². The van der Waals surface area contributed by atoms with Crippen LogP contribution in [0.4, 0.5) is 0 Å². The van der Waals surface area contributed by atoms with Crippen molar-refractivity contribution in [3.63, 3.8) is 0 Å². The van der Waals surface area contributed by atoms with Gasteiger partial charge >= 0.3 is 0 Å². The molecule has 2 amide bonds. The van der Waals surface area contributed by atoms with E-state index in [0.29, 0.717) is 31.1 Å². The lowest BCUT2D eigenvalue weighted by molar-refractivity contribution is -0.131. The lowest BCUT2D eigenvalue weighted by atomic mass is 10.1. The maximum Gasteiger partial charge on any atom is 0.221 e. The largest absolute Gasteiger partial charge is 0.376 e. The summed E-state index contributed by atoms with van der Waals surface area (Å²) >= 11 is 5.94. The minimum Gasteiger partial charge on any atom is -0.376 e. The standard InChI is InChI=1S/C18H25ClN2O3/c1-14(22)21(13-17-6-3-11-24-17)10-8-18(23)20-9-7-15-4-2-5-16(19)12-15/h2,4-5,12,17H,3,6-11,13H2,1H3,(H,20,23). The van der Waals surface area contributed by atoms with Crippen molar-refractivity contribution in [1.82, 2.24) is 10.2 Å². The molecule has 5 nitrogen and oxygen atoms in total. The van der Waals surface area contributed by atoms with Gasteiger partial charge in [0.05, 0.1) is 6.10 Å². The molecular weight excluding hydrogens is 328 g/mol. The number of benzene rings is 1. The normalized spacial score (nSPS) is 16.8. The van der Waals surface area contributed by atoms with Gasteiger partial charge in [-0.2, -0.15) is 0 Å². The quantitative estimate of drug-likeness (QED) is 0.781. The zero-order valence-corrected chi connectivity index (χ0v) is 14.8. The van der Waals surface area contributed by atoms with E-state index in [1.165, 1.54) is 6.92 Å². The Bertz CT molecular complexity index is 559. The molecule has 1 atom stereocenters. The zero-order valence-electron chi connectivity index (χ0n) is 14.1. The van der Waals surface area contributed by atoms with Crippen LogP contribution in [-0.2, 0) is 20.7 Å². The molecule has 1 aromatic rings. The zero-order chi connectivity index (χ0) is 17.4. The molecular formula is C18H25ClN2O3. The summed E-state index contributed by atoms with van der Waals surface area (Å²) in [7, 11) is 0. The topological polar surface area (TPSA) is 58.6 Å². The van der Waals surface area contributed by atoms with Crippen molar-refractivity contribution in [3.8, 4) is 0 Å². The van der Waals surface area contributed by atoms with Crippen molar-refractivity contribution in [3.05, 3.63) is 34.9 Å². The van der Waals surface area contributed by atoms with E-state index in [2.05, 4.69) is 5.32 Å². The maximum atomic E-state index is 12.0. The van der Waals surface area contributed by atoms with Gasteiger partial charge in [-0.25, -0.2) is 0 Å². The highest BCUT2D eigenvalue weighted by Crippen LogP contribution is 2.14. The van der Waals surface area contributed by atoms with Gasteiger partial charge in [0.1, 0.15) is 0 Å². The van der Waals surface area contributed by atoms with Gasteiger partial charge in [0.25, 0.3) is 0 Å². The molecule has 0 radical (unpaired) electrons. The van der Waals surface area contributed by atoms with Crippen LogP contribution in [0.15, 0.2) is 24.3 Å². The van der Waals surface area contributed by atoms with E-state index >= 15 is 0 Å². The molecule has 24 heavy (non-hydrogen) atoms. The van der Waals surface area contributed by atoms with Crippen molar-refractivity contribution in [1.29, 1.82) is 0 Å². The van der Waals surface area contributed by atoms with Crippen LogP contribution in [-0.4, -0.2) is 49.1 Å². The van der Waals surface area contributed by atoms with E-state index < -0.39 is 0 Å². The smallest absolute Gasteiger partial charge is 0.221 e. The van der Waals surface area contributed by atoms with Crippen molar-refractivity contribution in [2.45, 2.75) is 38.7 Å². The number of halogens is 1. The van der Waals surface area contributed by atoms with Crippen molar-refractivity contribution in [2.75, 3.05) is 26.2 Å². The second-order valence-electron chi connectivity index (χ2n) is 6.08. The predicted octanol–water partition coefficient (Wildman–Crippen LogP) is 2.42. The average Bonchev–Trinajstić information content (AvgIpc) is 3.04. The summed E-state index contributed by atoms with van der Waals surface area (Å²) in [4.78, 5) is 25.4. The van der Waals surface area contributed by atoms with E-state index in [-0.39, 0.29) is 17.9 Å². The van der Waals surface area contributed by atoms with Crippen LogP contribution in [0.1, 0.15) is 31.7 Å². The van der Waals surface area contributed by atoms with Gasteiger partial charge in [-0.1, -0.05) is 23.7 Å². The van der Waals surface area contributed by atoms with Gasteiger partial charge in [-0.3, -0.25) is 9.59 Å². The monoisotopic (exact) mass is 352 g/mol. The number of hydrogen-bond acceptors (Lipinski definition) is 3. The van der Waals surface area contributed by atoms with E-state index in [4.69, 9.17) is 16.3 Å². The molecule has 0 aromatic heterocycles. The molecule has 0 bridgehead atoms. The number of rotatable bonds is 8. The fourth-order valence-corrected chi connectivity index (χ4v) is 2.99. The Morgan fingerprint density at radius 2 is 2.25 bits per heavy atom. The molecule has 6 heteroatoms. The number of carbonyl (C=O) groups is 2. The molecule has 1 aromatic carbocycles. The van der Waals surface area contributed by atoms with Gasteiger partial charge in [-0.15, -0.1) is 0 Å². The molecule has 0 spiro atoms. The van der Waals surface area contributed by atoms with E-state index in [9.17, 15) is 9.59 Å². The number of ether oxygens (including phenoxy) is 1. The maximum absolute atomic E-state index is 12.0. The summed E-state index contributed by atoms with van der Waals surface area (Å²) in [6.07, 6.45) is 3.18. The van der Waals surface area contributed by atoms with Crippen LogP contribution in [0.5, 0.6) is 0 Å². The Labute approximate surface area is 148 Å². The van der Waals surface area contributed by atoms with Crippen molar-refractivity contribution in [2.24, 2.45) is 0 Å². The van der Waals surface area contributed by atoms with Crippen LogP contribution in [0.25, 0.3) is 0 Å². The lowest BCUT2D eigenvalue weighted by Gasteiger charge is -2.23. The van der Waals surface area contributed by atoms with Crippen LogP contribution in [0.2, 0.25) is 5.02 Å². The first-order valence-corrected chi connectivity index (χ1v) is 8.80. The second-order valence-corrected chi connectivity index (χ2v) is 6.52. The highest BCUT2D eigenvalue weighted by Gasteiger charge is 2.21. The number of nitrogens with one attached hydrogen (secondary N) is 1. The van der Waals surface area contributed by atoms with Crippen LogP contribution < -0.4 is 5.32 Å². The highest BCUT2D eigenvalue weighted by atomic mass is 35.5. The van der Waals surface area contributed by atoms with Gasteiger partial charge in [0.15, 0.2) is 0 Å². The molecule has 1 aliphatic heterocycles. The van der Waals surface area contributed by atoms with Crippen LogP contribution >= 0.6 is 11.6 Å². The van der Waals surface area contributed by atoms with Gasteiger partial charge in [-0.05, 0) is 37.0 Å². The predicted molar refractivity (Wildman–Crippen MR) is 94.0 cm³/mol.